The van der Waals surface area contributed by atoms with Crippen LogP contribution in [0.3, 0.4) is 0 Å². The third-order valence-corrected chi connectivity index (χ3v) is 13.4. The zero-order valence-corrected chi connectivity index (χ0v) is 34.6. The largest absolute Gasteiger partial charge is 0.327 e. The van der Waals surface area contributed by atoms with Crippen LogP contribution in [0, 0.1) is 0 Å². The Labute approximate surface area is 355 Å². The maximum atomic E-state index is 5.08. The first-order chi connectivity index (χ1) is 29.8. The number of aryl methyl sites for hydroxylation is 2. The summed E-state index contributed by atoms with van der Waals surface area (Å²) in [5, 5.41) is 4.91. The smallest absolute Gasteiger partial charge is 0.140 e. The molecular formula is C57H42N4. The molecule has 4 nitrogen and oxygen atoms in total. The van der Waals surface area contributed by atoms with Crippen LogP contribution >= 0.6 is 0 Å². The van der Waals surface area contributed by atoms with E-state index in [9.17, 15) is 0 Å². The minimum Gasteiger partial charge on any atom is -0.327 e. The van der Waals surface area contributed by atoms with Gasteiger partial charge in [0.15, 0.2) is 0 Å². The van der Waals surface area contributed by atoms with E-state index in [1.165, 1.54) is 77.2 Å². The quantitative estimate of drug-likeness (QED) is 0.163. The molecule has 0 unspecified atom stereocenters. The maximum absolute atomic E-state index is 5.08. The standard InChI is InChI=1S/C57H42N4/c1-57(2)48-24-12-11-19-42(48)43-28-25-39(31-49(43)57)54-44-22-13-20-40(37-26-29-50-52(32-37)60(3)55(58-50)35-15-7-5-8-16-35)46(44)34-47-41(21-14-23-45(47)54)38-27-30-51-53(33-38)61(4)56(59-51)36-17-9-6-10-18-36/h5-34H,1-4H3. The SMILES string of the molecule is Cn1c(-c2ccccc2)nc2ccc(-c3cccc4c(-c5ccc6c(c5)C(C)(C)c5ccccc5-6)c5cccc(-c6ccc7nc(-c8ccccc8)n(C)c7c6)c5cc34)cc21. The van der Waals surface area contributed by atoms with Crippen LogP contribution in [0.4, 0.5) is 0 Å². The van der Waals surface area contributed by atoms with Gasteiger partial charge in [-0.1, -0.05) is 159 Å². The molecule has 2 heterocycles. The molecule has 0 saturated carbocycles. The van der Waals surface area contributed by atoms with E-state index in [0.29, 0.717) is 0 Å². The van der Waals surface area contributed by atoms with Crippen LogP contribution in [0.2, 0.25) is 0 Å². The van der Waals surface area contributed by atoms with E-state index in [1.807, 2.05) is 0 Å². The summed E-state index contributed by atoms with van der Waals surface area (Å²) in [7, 11) is 4.25. The molecule has 0 atom stereocenters. The second-order valence-corrected chi connectivity index (χ2v) is 17.1. The van der Waals surface area contributed by atoms with Crippen molar-refractivity contribution in [2.24, 2.45) is 14.1 Å². The predicted molar refractivity (Wildman–Crippen MR) is 255 cm³/mol. The molecule has 1 aliphatic carbocycles. The summed E-state index contributed by atoms with van der Waals surface area (Å²) in [6.45, 7) is 4.74. The van der Waals surface area contributed by atoms with Gasteiger partial charge in [0.2, 0.25) is 0 Å². The highest BCUT2D eigenvalue weighted by Crippen LogP contribution is 2.51. The van der Waals surface area contributed by atoms with E-state index < -0.39 is 0 Å². The highest BCUT2D eigenvalue weighted by Gasteiger charge is 2.35. The summed E-state index contributed by atoms with van der Waals surface area (Å²) >= 11 is 0. The summed E-state index contributed by atoms with van der Waals surface area (Å²) in [4.78, 5) is 10.2. The van der Waals surface area contributed by atoms with Crippen molar-refractivity contribution in [2.75, 3.05) is 0 Å². The van der Waals surface area contributed by atoms with E-state index in [4.69, 9.17) is 9.97 Å². The van der Waals surface area contributed by atoms with E-state index in [2.05, 4.69) is 219 Å². The Morgan fingerprint density at radius 1 is 0.361 bits per heavy atom. The Morgan fingerprint density at radius 2 is 0.836 bits per heavy atom. The van der Waals surface area contributed by atoms with Crippen molar-refractivity contribution in [1.82, 2.24) is 19.1 Å². The lowest BCUT2D eigenvalue weighted by Gasteiger charge is -2.23. The van der Waals surface area contributed by atoms with Crippen LogP contribution in [0.5, 0.6) is 0 Å². The Kier molecular flexibility index (Phi) is 7.67. The molecule has 1 aliphatic rings. The molecule has 11 aromatic rings. The van der Waals surface area contributed by atoms with Crippen molar-refractivity contribution in [1.29, 1.82) is 0 Å². The molecule has 4 heteroatoms. The van der Waals surface area contributed by atoms with Gasteiger partial charge in [0.1, 0.15) is 11.6 Å². The van der Waals surface area contributed by atoms with Gasteiger partial charge in [-0.05, 0) is 114 Å². The van der Waals surface area contributed by atoms with E-state index in [0.717, 1.165) is 44.8 Å². The first kappa shape index (κ1) is 35.4. The van der Waals surface area contributed by atoms with Gasteiger partial charge in [-0.3, -0.25) is 0 Å². The van der Waals surface area contributed by atoms with Crippen LogP contribution in [0.1, 0.15) is 25.0 Å². The van der Waals surface area contributed by atoms with Gasteiger partial charge in [-0.15, -0.1) is 0 Å². The zero-order valence-electron chi connectivity index (χ0n) is 34.6. The van der Waals surface area contributed by atoms with Crippen LogP contribution in [-0.4, -0.2) is 19.1 Å². The van der Waals surface area contributed by atoms with Gasteiger partial charge in [-0.2, -0.15) is 0 Å². The summed E-state index contributed by atoms with van der Waals surface area (Å²) in [6.07, 6.45) is 0. The molecule has 0 saturated heterocycles. The molecule has 0 radical (unpaired) electrons. The van der Waals surface area contributed by atoms with Crippen LogP contribution < -0.4 is 0 Å². The van der Waals surface area contributed by atoms with Gasteiger partial charge >= 0.3 is 0 Å². The lowest BCUT2D eigenvalue weighted by molar-refractivity contribution is 0.660. The molecule has 0 bridgehead atoms. The number of benzene rings is 9. The summed E-state index contributed by atoms with van der Waals surface area (Å²) in [5.74, 6) is 1.93. The Bertz CT molecular complexity index is 3390. The molecule has 0 amide bonds. The van der Waals surface area contributed by atoms with Gasteiger partial charge in [0.25, 0.3) is 0 Å². The number of hydrogen-bond acceptors (Lipinski definition) is 2. The van der Waals surface area contributed by atoms with Gasteiger partial charge in [0.05, 0.1) is 22.1 Å². The highest BCUT2D eigenvalue weighted by atomic mass is 15.1. The molecule has 0 spiro atoms. The minimum atomic E-state index is -0.118. The number of hydrogen-bond donors (Lipinski definition) is 0. The number of rotatable bonds is 5. The molecule has 0 aliphatic heterocycles. The monoisotopic (exact) mass is 782 g/mol. The van der Waals surface area contributed by atoms with Gasteiger partial charge in [0, 0.05) is 30.6 Å². The second-order valence-electron chi connectivity index (χ2n) is 17.1. The van der Waals surface area contributed by atoms with Crippen LogP contribution in [-0.2, 0) is 19.5 Å². The molecular weight excluding hydrogens is 741 g/mol. The molecule has 9 aromatic carbocycles. The lowest BCUT2D eigenvalue weighted by atomic mass is 9.80. The maximum Gasteiger partial charge on any atom is 0.140 e. The predicted octanol–water partition coefficient (Wildman–Crippen LogP) is 14.4. The average Bonchev–Trinajstić information content (AvgIpc) is 3.90. The molecule has 12 rings (SSSR count). The number of nitrogens with zero attached hydrogens (tertiary/aromatic N) is 4. The summed E-state index contributed by atoms with van der Waals surface area (Å²) in [6, 6.07) is 66.6. The summed E-state index contributed by atoms with van der Waals surface area (Å²) in [5.41, 5.74) is 18.9. The van der Waals surface area contributed by atoms with Gasteiger partial charge in [-0.25, -0.2) is 9.97 Å². The zero-order chi connectivity index (χ0) is 41.0. The van der Waals surface area contributed by atoms with Crippen molar-refractivity contribution in [3.63, 3.8) is 0 Å². The lowest BCUT2D eigenvalue weighted by Crippen LogP contribution is -2.14. The second kappa shape index (κ2) is 13.2. The Hall–Kier alpha value is -7.56. The first-order valence-electron chi connectivity index (χ1n) is 21.1. The number of aromatic nitrogens is 4. The van der Waals surface area contributed by atoms with Crippen molar-refractivity contribution < 1.29 is 0 Å². The molecule has 2 aromatic heterocycles. The fourth-order valence-electron chi connectivity index (χ4n) is 10.2. The van der Waals surface area contributed by atoms with Crippen molar-refractivity contribution in [3.05, 3.63) is 193 Å². The van der Waals surface area contributed by atoms with E-state index in [1.54, 1.807) is 0 Å². The number of imidazole rings is 2. The van der Waals surface area contributed by atoms with Crippen LogP contribution in [0.25, 0.3) is 111 Å². The third kappa shape index (κ3) is 5.31. The normalized spacial score (nSPS) is 13.0. The third-order valence-electron chi connectivity index (χ3n) is 13.4. The molecule has 61 heavy (non-hydrogen) atoms. The number of fused-ring (bicyclic) bond motifs is 7. The van der Waals surface area contributed by atoms with Crippen molar-refractivity contribution >= 4 is 43.6 Å². The highest BCUT2D eigenvalue weighted by molar-refractivity contribution is 6.19. The van der Waals surface area contributed by atoms with Crippen molar-refractivity contribution in [3.8, 4) is 67.3 Å². The Balaban J connectivity index is 1.11. The molecule has 0 fully saturated rings. The molecule has 290 valence electrons. The summed E-state index contributed by atoms with van der Waals surface area (Å²) < 4.78 is 4.45. The molecule has 0 N–H and O–H groups in total. The topological polar surface area (TPSA) is 35.6 Å². The fourth-order valence-corrected chi connectivity index (χ4v) is 10.2. The first-order valence-corrected chi connectivity index (χ1v) is 21.1. The van der Waals surface area contributed by atoms with Crippen LogP contribution in [0.15, 0.2) is 182 Å². The Morgan fingerprint density at radius 3 is 1.39 bits per heavy atom. The van der Waals surface area contributed by atoms with Gasteiger partial charge < -0.3 is 9.13 Å². The minimum absolute atomic E-state index is 0.118. The van der Waals surface area contributed by atoms with E-state index >= 15 is 0 Å². The fraction of sp³-hybridized carbons (Fsp3) is 0.0877. The van der Waals surface area contributed by atoms with E-state index in [-0.39, 0.29) is 5.41 Å². The van der Waals surface area contributed by atoms with Crippen molar-refractivity contribution in [2.45, 2.75) is 19.3 Å². The average molecular weight is 783 g/mol.